The van der Waals surface area contributed by atoms with Crippen LogP contribution < -0.4 is 9.64 Å². The number of hydrogen-bond donors (Lipinski definition) is 1. The normalized spacial score (nSPS) is 23.6. The lowest BCUT2D eigenvalue weighted by atomic mass is 10.0. The molecule has 0 bridgehead atoms. The Labute approximate surface area is 109 Å². The fraction of sp³-hybridized carbons (Fsp3) is 0.533. The number of hydrogen-bond acceptors (Lipinski definition) is 2. The van der Waals surface area contributed by atoms with Crippen molar-refractivity contribution < 1.29 is 14.4 Å². The fourth-order valence-electron chi connectivity index (χ4n) is 2.64. The lowest BCUT2D eigenvalue weighted by molar-refractivity contribution is -0.908. The maximum Gasteiger partial charge on any atom is 0.153 e. The van der Waals surface area contributed by atoms with Gasteiger partial charge in [-0.05, 0) is 25.0 Å². The van der Waals surface area contributed by atoms with Gasteiger partial charge in [-0.25, -0.2) is 0 Å². The fourth-order valence-corrected chi connectivity index (χ4v) is 2.64. The molecule has 0 aromatic heterocycles. The first-order valence-electron chi connectivity index (χ1n) is 6.80. The molecule has 0 aliphatic carbocycles. The number of piperidine rings is 1. The SMILES string of the molecule is C[C@@H]1CCC[NH+](CCOc2ccccc2C=O)C1. The van der Waals surface area contributed by atoms with E-state index in [1.807, 2.05) is 18.2 Å². The summed E-state index contributed by atoms with van der Waals surface area (Å²) in [5.74, 6) is 1.54. The highest BCUT2D eigenvalue weighted by Crippen LogP contribution is 2.15. The monoisotopic (exact) mass is 248 g/mol. The van der Waals surface area contributed by atoms with Gasteiger partial charge in [0.25, 0.3) is 0 Å². The van der Waals surface area contributed by atoms with E-state index in [4.69, 9.17) is 4.74 Å². The van der Waals surface area contributed by atoms with Crippen LogP contribution in [0.2, 0.25) is 0 Å². The molecule has 1 saturated heterocycles. The molecule has 0 radical (unpaired) electrons. The van der Waals surface area contributed by atoms with Gasteiger partial charge < -0.3 is 9.64 Å². The molecule has 2 atom stereocenters. The summed E-state index contributed by atoms with van der Waals surface area (Å²) in [5.41, 5.74) is 0.638. The van der Waals surface area contributed by atoms with Crippen molar-refractivity contribution in [3.05, 3.63) is 29.8 Å². The molecule has 98 valence electrons. The molecule has 0 amide bonds. The number of ether oxygens (including phenoxy) is 1. The van der Waals surface area contributed by atoms with E-state index in [0.29, 0.717) is 17.9 Å². The Balaban J connectivity index is 1.79. The van der Waals surface area contributed by atoms with Gasteiger partial charge in [-0.15, -0.1) is 0 Å². The molecule has 1 N–H and O–H groups in total. The minimum atomic E-state index is 0.638. The lowest BCUT2D eigenvalue weighted by Crippen LogP contribution is -3.14. The van der Waals surface area contributed by atoms with Crippen LogP contribution in [0, 0.1) is 5.92 Å². The first kappa shape index (κ1) is 13.1. The number of likely N-dealkylation sites (tertiary alicyclic amines) is 1. The van der Waals surface area contributed by atoms with Crippen LogP contribution in [0.25, 0.3) is 0 Å². The highest BCUT2D eigenvalue weighted by Gasteiger charge is 2.19. The Morgan fingerprint density at radius 3 is 3.06 bits per heavy atom. The summed E-state index contributed by atoms with van der Waals surface area (Å²) in [6.07, 6.45) is 3.53. The maximum absolute atomic E-state index is 10.8. The van der Waals surface area contributed by atoms with Gasteiger partial charge in [-0.3, -0.25) is 4.79 Å². The number of para-hydroxylation sites is 1. The average Bonchev–Trinajstić information content (AvgIpc) is 2.39. The zero-order chi connectivity index (χ0) is 12.8. The number of carbonyl (C=O) groups is 1. The first-order chi connectivity index (χ1) is 8.79. The summed E-state index contributed by atoms with van der Waals surface area (Å²) in [6.45, 7) is 6.54. The second kappa shape index (κ2) is 6.55. The van der Waals surface area contributed by atoms with Crippen molar-refractivity contribution in [3.8, 4) is 5.75 Å². The summed E-state index contributed by atoms with van der Waals surface area (Å²) in [4.78, 5) is 12.5. The third-order valence-electron chi connectivity index (χ3n) is 3.62. The smallest absolute Gasteiger partial charge is 0.153 e. The molecule has 1 aromatic carbocycles. The molecular formula is C15H22NO2+. The van der Waals surface area contributed by atoms with E-state index in [0.717, 1.165) is 18.7 Å². The van der Waals surface area contributed by atoms with Gasteiger partial charge >= 0.3 is 0 Å². The molecule has 3 nitrogen and oxygen atoms in total. The number of benzene rings is 1. The van der Waals surface area contributed by atoms with E-state index in [9.17, 15) is 4.79 Å². The Bertz CT molecular complexity index is 392. The molecule has 0 saturated carbocycles. The Hall–Kier alpha value is -1.35. The van der Waals surface area contributed by atoms with Crippen molar-refractivity contribution in [1.82, 2.24) is 0 Å². The van der Waals surface area contributed by atoms with Crippen LogP contribution in [0.5, 0.6) is 5.75 Å². The molecule has 1 unspecified atom stereocenters. The van der Waals surface area contributed by atoms with Crippen molar-refractivity contribution in [3.63, 3.8) is 0 Å². The Morgan fingerprint density at radius 1 is 1.44 bits per heavy atom. The van der Waals surface area contributed by atoms with Gasteiger partial charge in [0.05, 0.1) is 18.7 Å². The third-order valence-corrected chi connectivity index (χ3v) is 3.62. The predicted molar refractivity (Wildman–Crippen MR) is 71.3 cm³/mol. The number of nitrogens with one attached hydrogen (secondary N) is 1. The number of rotatable bonds is 5. The van der Waals surface area contributed by atoms with Crippen molar-refractivity contribution in [2.24, 2.45) is 5.92 Å². The van der Waals surface area contributed by atoms with E-state index in [1.54, 1.807) is 11.0 Å². The van der Waals surface area contributed by atoms with Crippen LogP contribution in [0.1, 0.15) is 30.1 Å². The molecule has 1 aromatic rings. The van der Waals surface area contributed by atoms with Crippen LogP contribution in [0.4, 0.5) is 0 Å². The quantitative estimate of drug-likeness (QED) is 0.794. The van der Waals surface area contributed by atoms with E-state index in [1.165, 1.54) is 25.9 Å². The maximum atomic E-state index is 10.8. The van der Waals surface area contributed by atoms with Crippen LogP contribution >= 0.6 is 0 Å². The average molecular weight is 248 g/mol. The van der Waals surface area contributed by atoms with E-state index >= 15 is 0 Å². The molecule has 1 aliphatic rings. The minimum absolute atomic E-state index is 0.638. The molecule has 3 heteroatoms. The van der Waals surface area contributed by atoms with Gasteiger partial charge in [0, 0.05) is 5.92 Å². The van der Waals surface area contributed by atoms with Crippen LogP contribution in [-0.4, -0.2) is 32.5 Å². The van der Waals surface area contributed by atoms with E-state index in [-0.39, 0.29) is 0 Å². The largest absolute Gasteiger partial charge is 0.487 e. The molecular weight excluding hydrogens is 226 g/mol. The van der Waals surface area contributed by atoms with Crippen LogP contribution in [0.15, 0.2) is 24.3 Å². The summed E-state index contributed by atoms with van der Waals surface area (Å²) >= 11 is 0. The van der Waals surface area contributed by atoms with Gasteiger partial charge in [0.15, 0.2) is 6.29 Å². The Morgan fingerprint density at radius 2 is 2.28 bits per heavy atom. The molecule has 18 heavy (non-hydrogen) atoms. The summed E-state index contributed by atoms with van der Waals surface area (Å²) in [5, 5.41) is 0. The Kier molecular flexibility index (Phi) is 4.76. The summed E-state index contributed by atoms with van der Waals surface area (Å²) in [7, 11) is 0. The van der Waals surface area contributed by atoms with Crippen molar-refractivity contribution in [2.75, 3.05) is 26.2 Å². The van der Waals surface area contributed by atoms with Crippen LogP contribution in [-0.2, 0) is 0 Å². The summed E-state index contributed by atoms with van der Waals surface area (Å²) < 4.78 is 5.71. The molecule has 0 spiro atoms. The van der Waals surface area contributed by atoms with Crippen molar-refractivity contribution in [2.45, 2.75) is 19.8 Å². The zero-order valence-electron chi connectivity index (χ0n) is 11.0. The molecule has 1 heterocycles. The number of quaternary nitrogens is 1. The number of aldehydes is 1. The highest BCUT2D eigenvalue weighted by atomic mass is 16.5. The van der Waals surface area contributed by atoms with Crippen molar-refractivity contribution in [1.29, 1.82) is 0 Å². The third kappa shape index (κ3) is 3.57. The second-order valence-electron chi connectivity index (χ2n) is 5.21. The topological polar surface area (TPSA) is 30.7 Å². The standard InChI is InChI=1S/C15H21NO2/c1-13-5-4-8-16(11-13)9-10-18-15-7-3-2-6-14(15)12-17/h2-3,6-7,12-13H,4-5,8-11H2,1H3/p+1/t13-/m1/s1. The lowest BCUT2D eigenvalue weighted by Gasteiger charge is -2.27. The predicted octanol–water partition coefficient (Wildman–Crippen LogP) is 1.19. The van der Waals surface area contributed by atoms with Gasteiger partial charge in [-0.1, -0.05) is 19.1 Å². The van der Waals surface area contributed by atoms with E-state index in [2.05, 4.69) is 6.92 Å². The van der Waals surface area contributed by atoms with Gasteiger partial charge in [0.2, 0.25) is 0 Å². The molecule has 2 rings (SSSR count). The summed E-state index contributed by atoms with van der Waals surface area (Å²) in [6, 6.07) is 7.41. The molecule has 1 fully saturated rings. The van der Waals surface area contributed by atoms with Crippen LogP contribution in [0.3, 0.4) is 0 Å². The molecule has 1 aliphatic heterocycles. The number of carbonyl (C=O) groups excluding carboxylic acids is 1. The van der Waals surface area contributed by atoms with E-state index < -0.39 is 0 Å². The second-order valence-corrected chi connectivity index (χ2v) is 5.21. The highest BCUT2D eigenvalue weighted by molar-refractivity contribution is 5.79. The minimum Gasteiger partial charge on any atom is -0.487 e. The van der Waals surface area contributed by atoms with Gasteiger partial charge in [0.1, 0.15) is 18.9 Å². The van der Waals surface area contributed by atoms with Crippen molar-refractivity contribution >= 4 is 6.29 Å². The van der Waals surface area contributed by atoms with Gasteiger partial charge in [-0.2, -0.15) is 0 Å². The first-order valence-corrected chi connectivity index (χ1v) is 6.80. The zero-order valence-corrected chi connectivity index (χ0v) is 11.0.